The smallest absolute Gasteiger partial charge is 0.409 e. The van der Waals surface area contributed by atoms with E-state index in [4.69, 9.17) is 14.6 Å². The molecule has 5 nitrogen and oxygen atoms in total. The lowest BCUT2D eigenvalue weighted by molar-refractivity contribution is -0.0492. The van der Waals surface area contributed by atoms with Crippen LogP contribution in [0.3, 0.4) is 0 Å². The number of rotatable bonds is 2. The highest BCUT2D eigenvalue weighted by molar-refractivity contribution is 5.67. The van der Waals surface area contributed by atoms with Gasteiger partial charge in [-0.2, -0.15) is 0 Å². The van der Waals surface area contributed by atoms with E-state index in [-0.39, 0.29) is 18.8 Å². The second-order valence-electron chi connectivity index (χ2n) is 2.82. The Hall–Kier alpha value is -0.810. The fourth-order valence-electron chi connectivity index (χ4n) is 1.21. The highest BCUT2D eigenvalue weighted by Gasteiger charge is 2.24. The highest BCUT2D eigenvalue weighted by Crippen LogP contribution is 2.05. The standard InChI is InChI=1S/C8H15NO4/c1-2-12-8(11)9-3-4-13-7(5-9)6-10/h7,10H,2-6H2,1H3. The van der Waals surface area contributed by atoms with Gasteiger partial charge in [-0.3, -0.25) is 0 Å². The van der Waals surface area contributed by atoms with Crippen LogP contribution in [0.2, 0.25) is 0 Å². The van der Waals surface area contributed by atoms with E-state index in [9.17, 15) is 4.79 Å². The van der Waals surface area contributed by atoms with Gasteiger partial charge in [0.15, 0.2) is 0 Å². The first-order valence-electron chi connectivity index (χ1n) is 4.42. The SMILES string of the molecule is CCOC(=O)N1CCOC(CO)C1. The van der Waals surface area contributed by atoms with Crippen LogP contribution in [0.1, 0.15) is 6.92 Å². The van der Waals surface area contributed by atoms with Gasteiger partial charge < -0.3 is 19.5 Å². The van der Waals surface area contributed by atoms with Crippen LogP contribution in [-0.2, 0) is 9.47 Å². The van der Waals surface area contributed by atoms with Gasteiger partial charge >= 0.3 is 6.09 Å². The monoisotopic (exact) mass is 189 g/mol. The molecule has 0 aromatic rings. The van der Waals surface area contributed by atoms with Gasteiger partial charge in [-0.05, 0) is 6.92 Å². The molecular weight excluding hydrogens is 174 g/mol. The molecule has 0 saturated carbocycles. The molecule has 1 fully saturated rings. The van der Waals surface area contributed by atoms with Crippen LogP contribution >= 0.6 is 0 Å². The highest BCUT2D eigenvalue weighted by atomic mass is 16.6. The molecule has 5 heteroatoms. The summed E-state index contributed by atoms with van der Waals surface area (Å²) >= 11 is 0. The van der Waals surface area contributed by atoms with E-state index >= 15 is 0 Å². The number of hydrogen-bond acceptors (Lipinski definition) is 4. The zero-order valence-corrected chi connectivity index (χ0v) is 7.73. The fourth-order valence-corrected chi connectivity index (χ4v) is 1.21. The molecule has 0 aromatic heterocycles. The van der Waals surface area contributed by atoms with Crippen LogP contribution in [0.25, 0.3) is 0 Å². The Bertz CT molecular complexity index is 174. The van der Waals surface area contributed by atoms with Gasteiger partial charge in [0.1, 0.15) is 0 Å². The summed E-state index contributed by atoms with van der Waals surface area (Å²) in [6, 6.07) is 0. The quantitative estimate of drug-likeness (QED) is 0.655. The van der Waals surface area contributed by atoms with Gasteiger partial charge in [0.05, 0.1) is 32.5 Å². The van der Waals surface area contributed by atoms with E-state index in [1.165, 1.54) is 0 Å². The summed E-state index contributed by atoms with van der Waals surface area (Å²) in [7, 11) is 0. The van der Waals surface area contributed by atoms with Gasteiger partial charge in [0.2, 0.25) is 0 Å². The van der Waals surface area contributed by atoms with Crippen LogP contribution in [0.4, 0.5) is 4.79 Å². The van der Waals surface area contributed by atoms with E-state index < -0.39 is 0 Å². The number of hydrogen-bond donors (Lipinski definition) is 1. The van der Waals surface area contributed by atoms with Crippen LogP contribution < -0.4 is 0 Å². The lowest BCUT2D eigenvalue weighted by Crippen LogP contribution is -2.47. The lowest BCUT2D eigenvalue weighted by atomic mass is 10.3. The van der Waals surface area contributed by atoms with Crippen molar-refractivity contribution in [3.05, 3.63) is 0 Å². The molecule has 1 aliphatic heterocycles. The predicted octanol–water partition coefficient (Wildman–Crippen LogP) is -0.164. The summed E-state index contributed by atoms with van der Waals surface area (Å²) in [6.45, 7) is 3.49. The first-order valence-corrected chi connectivity index (χ1v) is 4.42. The molecule has 1 rings (SSSR count). The molecule has 1 unspecified atom stereocenters. The first kappa shape index (κ1) is 10.3. The Labute approximate surface area is 77.2 Å². The van der Waals surface area contributed by atoms with E-state index in [1.54, 1.807) is 11.8 Å². The minimum atomic E-state index is -0.329. The first-order chi connectivity index (χ1) is 6.27. The molecule has 0 radical (unpaired) electrons. The number of carbonyl (C=O) groups is 1. The summed E-state index contributed by atoms with van der Waals surface area (Å²) in [5.41, 5.74) is 0. The van der Waals surface area contributed by atoms with Gasteiger partial charge in [-0.1, -0.05) is 0 Å². The Morgan fingerprint density at radius 1 is 1.77 bits per heavy atom. The summed E-state index contributed by atoms with van der Waals surface area (Å²) in [6.07, 6.45) is -0.595. The Kier molecular flexibility index (Phi) is 3.98. The topological polar surface area (TPSA) is 59.0 Å². The number of ether oxygens (including phenoxy) is 2. The van der Waals surface area contributed by atoms with E-state index in [0.29, 0.717) is 26.3 Å². The molecule has 0 bridgehead atoms. The molecule has 1 heterocycles. The van der Waals surface area contributed by atoms with Crippen molar-refractivity contribution in [3.8, 4) is 0 Å². The maximum atomic E-state index is 11.2. The molecule has 1 saturated heterocycles. The van der Waals surface area contributed by atoms with Crippen LogP contribution in [-0.4, -0.2) is 55.1 Å². The minimum Gasteiger partial charge on any atom is -0.450 e. The van der Waals surface area contributed by atoms with Crippen molar-refractivity contribution >= 4 is 6.09 Å². The zero-order valence-electron chi connectivity index (χ0n) is 7.73. The molecule has 76 valence electrons. The molecular formula is C8H15NO4. The van der Waals surface area contributed by atoms with Crippen LogP contribution in [0.5, 0.6) is 0 Å². The minimum absolute atomic E-state index is 0.0596. The van der Waals surface area contributed by atoms with Crippen molar-refractivity contribution < 1.29 is 19.4 Å². The number of carbonyl (C=O) groups excluding carboxylic acids is 1. The van der Waals surface area contributed by atoms with Crippen molar-refractivity contribution in [2.75, 3.05) is 32.9 Å². The van der Waals surface area contributed by atoms with Gasteiger partial charge in [0.25, 0.3) is 0 Å². The molecule has 1 amide bonds. The average Bonchev–Trinajstić information content (AvgIpc) is 2.18. The molecule has 1 atom stereocenters. The lowest BCUT2D eigenvalue weighted by Gasteiger charge is -2.31. The third-order valence-corrected chi connectivity index (χ3v) is 1.87. The number of aliphatic hydroxyl groups is 1. The number of morpholine rings is 1. The van der Waals surface area contributed by atoms with Gasteiger partial charge in [-0.15, -0.1) is 0 Å². The van der Waals surface area contributed by atoms with Gasteiger partial charge in [-0.25, -0.2) is 4.79 Å². The molecule has 1 aliphatic rings. The normalized spacial score (nSPS) is 22.9. The van der Waals surface area contributed by atoms with Crippen molar-refractivity contribution in [2.24, 2.45) is 0 Å². The molecule has 0 spiro atoms. The van der Waals surface area contributed by atoms with Crippen molar-refractivity contribution in [1.29, 1.82) is 0 Å². The number of amides is 1. The molecule has 13 heavy (non-hydrogen) atoms. The third kappa shape index (κ3) is 2.86. The average molecular weight is 189 g/mol. The second kappa shape index (κ2) is 5.04. The molecule has 1 N–H and O–H groups in total. The van der Waals surface area contributed by atoms with E-state index in [1.807, 2.05) is 0 Å². The summed E-state index contributed by atoms with van der Waals surface area (Å²) in [5.74, 6) is 0. The predicted molar refractivity (Wildman–Crippen MR) is 45.4 cm³/mol. The molecule has 0 aliphatic carbocycles. The number of aliphatic hydroxyl groups excluding tert-OH is 1. The Balaban J connectivity index is 2.37. The van der Waals surface area contributed by atoms with Crippen molar-refractivity contribution in [1.82, 2.24) is 4.90 Å². The van der Waals surface area contributed by atoms with E-state index in [2.05, 4.69) is 0 Å². The summed E-state index contributed by atoms with van der Waals surface area (Å²) < 4.78 is 10.0. The van der Waals surface area contributed by atoms with Gasteiger partial charge in [0, 0.05) is 6.54 Å². The maximum absolute atomic E-state index is 11.2. The molecule has 0 aromatic carbocycles. The van der Waals surface area contributed by atoms with Crippen molar-refractivity contribution in [3.63, 3.8) is 0 Å². The van der Waals surface area contributed by atoms with E-state index in [0.717, 1.165) is 0 Å². The van der Waals surface area contributed by atoms with Crippen LogP contribution in [0, 0.1) is 0 Å². The second-order valence-corrected chi connectivity index (χ2v) is 2.82. The fraction of sp³-hybridized carbons (Fsp3) is 0.875. The Morgan fingerprint density at radius 2 is 2.54 bits per heavy atom. The summed E-state index contributed by atoms with van der Waals surface area (Å²) in [4.78, 5) is 12.8. The number of nitrogens with zero attached hydrogens (tertiary/aromatic N) is 1. The zero-order chi connectivity index (χ0) is 9.68. The van der Waals surface area contributed by atoms with Crippen molar-refractivity contribution in [2.45, 2.75) is 13.0 Å². The third-order valence-electron chi connectivity index (χ3n) is 1.87. The largest absolute Gasteiger partial charge is 0.450 e. The summed E-state index contributed by atoms with van der Waals surface area (Å²) in [5, 5.41) is 8.82. The maximum Gasteiger partial charge on any atom is 0.409 e. The van der Waals surface area contributed by atoms with Crippen LogP contribution in [0.15, 0.2) is 0 Å². The Morgan fingerprint density at radius 3 is 3.15 bits per heavy atom.